The van der Waals surface area contributed by atoms with E-state index in [1.54, 1.807) is 18.7 Å². The van der Waals surface area contributed by atoms with Crippen molar-refractivity contribution in [1.82, 2.24) is 9.88 Å². The summed E-state index contributed by atoms with van der Waals surface area (Å²) < 4.78 is 33.3. The summed E-state index contributed by atoms with van der Waals surface area (Å²) >= 11 is 0.847. The number of hydrogen-bond acceptors (Lipinski definition) is 6. The van der Waals surface area contributed by atoms with Gasteiger partial charge < -0.3 is 15.0 Å². The lowest BCUT2D eigenvalue weighted by atomic mass is 9.87. The number of morpholine rings is 1. The molecule has 2 heterocycles. The average molecular weight is 480 g/mol. The molecule has 1 aromatic heterocycles. The Bertz CT molecular complexity index is 1040. The third-order valence-corrected chi connectivity index (χ3v) is 6.26. The van der Waals surface area contributed by atoms with E-state index in [0.717, 1.165) is 23.5 Å². The molecule has 1 N–H and O–H groups in total. The lowest BCUT2D eigenvalue weighted by Gasteiger charge is -2.30. The standard InChI is InChI=1S/C23H27F2N3O4S/c1-22(2,13-16(29)28-9-11-32-12-10-28)20(31)27-21-26-19(23(3,4)25)18(33-21)17(30)14-5-7-15(24)8-6-14/h5-8H,9-13H2,1-4H3,(H,26,27,31). The number of carbonyl (C=O) groups excluding carboxylic acids is 3. The molecule has 0 bridgehead atoms. The van der Waals surface area contributed by atoms with Crippen LogP contribution >= 0.6 is 11.3 Å². The van der Waals surface area contributed by atoms with Crippen molar-refractivity contribution >= 4 is 34.1 Å². The minimum Gasteiger partial charge on any atom is -0.378 e. The molecule has 0 spiro atoms. The van der Waals surface area contributed by atoms with Crippen LogP contribution in [0.5, 0.6) is 0 Å². The quantitative estimate of drug-likeness (QED) is 0.608. The highest BCUT2D eigenvalue weighted by Crippen LogP contribution is 2.36. The fourth-order valence-corrected chi connectivity index (χ4v) is 4.38. The zero-order chi connectivity index (χ0) is 24.4. The van der Waals surface area contributed by atoms with Crippen LogP contribution in [-0.4, -0.2) is 53.8 Å². The van der Waals surface area contributed by atoms with Crippen LogP contribution in [-0.2, 0) is 20.0 Å². The predicted octanol–water partition coefficient (Wildman–Crippen LogP) is 3.93. The van der Waals surface area contributed by atoms with E-state index in [2.05, 4.69) is 10.3 Å². The first-order valence-corrected chi connectivity index (χ1v) is 11.4. The highest BCUT2D eigenvalue weighted by atomic mass is 32.1. The number of hydrogen-bond donors (Lipinski definition) is 1. The number of thiazole rings is 1. The molecule has 0 atom stereocenters. The van der Waals surface area contributed by atoms with Gasteiger partial charge in [-0.2, -0.15) is 0 Å². The van der Waals surface area contributed by atoms with Crippen molar-refractivity contribution in [2.75, 3.05) is 31.6 Å². The third kappa shape index (κ3) is 6.00. The lowest BCUT2D eigenvalue weighted by Crippen LogP contribution is -2.44. The molecule has 178 valence electrons. The fraction of sp³-hybridized carbons (Fsp3) is 0.478. The Kier molecular flexibility index (Phi) is 7.28. The van der Waals surface area contributed by atoms with Crippen molar-refractivity contribution in [1.29, 1.82) is 0 Å². The number of ether oxygens (including phenoxy) is 1. The second-order valence-corrected chi connectivity index (χ2v) is 10.0. The van der Waals surface area contributed by atoms with Gasteiger partial charge in [0.1, 0.15) is 22.1 Å². The highest BCUT2D eigenvalue weighted by Gasteiger charge is 2.35. The van der Waals surface area contributed by atoms with E-state index in [4.69, 9.17) is 4.74 Å². The summed E-state index contributed by atoms with van der Waals surface area (Å²) in [5, 5.41) is 2.69. The number of nitrogens with one attached hydrogen (secondary N) is 1. The SMILES string of the molecule is CC(C)(CC(=O)N1CCOCC1)C(=O)Nc1nc(C(C)(C)F)c(C(=O)c2ccc(F)cc2)s1. The predicted molar refractivity (Wildman–Crippen MR) is 121 cm³/mol. The van der Waals surface area contributed by atoms with E-state index in [-0.39, 0.29) is 33.6 Å². The van der Waals surface area contributed by atoms with Gasteiger partial charge in [-0.15, -0.1) is 0 Å². The second-order valence-electron chi connectivity index (χ2n) is 9.01. The van der Waals surface area contributed by atoms with E-state index in [1.807, 2.05) is 0 Å². The van der Waals surface area contributed by atoms with Crippen molar-refractivity contribution in [2.45, 2.75) is 39.8 Å². The van der Waals surface area contributed by atoms with Gasteiger partial charge in [0.15, 0.2) is 5.13 Å². The Morgan fingerprint density at radius 1 is 1.12 bits per heavy atom. The average Bonchev–Trinajstić information content (AvgIpc) is 3.18. The zero-order valence-corrected chi connectivity index (χ0v) is 19.9. The number of amides is 2. The first kappa shape index (κ1) is 24.9. The molecule has 1 saturated heterocycles. The zero-order valence-electron chi connectivity index (χ0n) is 19.0. The molecule has 1 aliphatic rings. The van der Waals surface area contributed by atoms with E-state index < -0.39 is 28.6 Å². The molecule has 1 aromatic carbocycles. The Hall–Kier alpha value is -2.72. The maximum atomic E-state index is 14.8. The first-order valence-electron chi connectivity index (χ1n) is 10.6. The Labute approximate surface area is 195 Å². The van der Waals surface area contributed by atoms with Crippen molar-refractivity contribution in [2.24, 2.45) is 5.41 Å². The minimum absolute atomic E-state index is 0.0200. The number of benzene rings is 1. The molecule has 0 saturated carbocycles. The summed E-state index contributed by atoms with van der Waals surface area (Å²) in [6.07, 6.45) is -0.0208. The summed E-state index contributed by atoms with van der Waals surface area (Å²) in [5.74, 6) is -1.64. The molecule has 0 unspecified atom stereocenters. The monoisotopic (exact) mass is 479 g/mol. The van der Waals surface area contributed by atoms with E-state index in [0.29, 0.717) is 26.3 Å². The number of halogens is 2. The number of nitrogens with zero attached hydrogens (tertiary/aromatic N) is 2. The minimum atomic E-state index is -1.95. The topological polar surface area (TPSA) is 88.6 Å². The van der Waals surface area contributed by atoms with Gasteiger partial charge in [-0.05, 0) is 38.1 Å². The van der Waals surface area contributed by atoms with E-state index in [9.17, 15) is 23.2 Å². The Morgan fingerprint density at radius 3 is 2.30 bits per heavy atom. The second kappa shape index (κ2) is 9.64. The summed E-state index contributed by atoms with van der Waals surface area (Å²) in [7, 11) is 0. The highest BCUT2D eigenvalue weighted by molar-refractivity contribution is 7.18. The van der Waals surface area contributed by atoms with E-state index >= 15 is 0 Å². The molecule has 0 aliphatic carbocycles. The number of carbonyl (C=O) groups is 3. The van der Waals surface area contributed by atoms with Crippen LogP contribution in [0.1, 0.15) is 55.0 Å². The van der Waals surface area contributed by atoms with Gasteiger partial charge in [-0.1, -0.05) is 25.2 Å². The lowest BCUT2D eigenvalue weighted by molar-refractivity contribution is -0.140. The number of alkyl halides is 1. The molecule has 1 fully saturated rings. The largest absolute Gasteiger partial charge is 0.378 e. The van der Waals surface area contributed by atoms with Crippen LogP contribution in [0.25, 0.3) is 0 Å². The molecular formula is C23H27F2N3O4S. The van der Waals surface area contributed by atoms with Gasteiger partial charge >= 0.3 is 0 Å². The van der Waals surface area contributed by atoms with Crippen molar-refractivity contribution < 1.29 is 27.9 Å². The smallest absolute Gasteiger partial charge is 0.232 e. The summed E-state index contributed by atoms with van der Waals surface area (Å²) in [5.41, 5.74) is -2.95. The van der Waals surface area contributed by atoms with Crippen LogP contribution in [0.15, 0.2) is 24.3 Å². The van der Waals surface area contributed by atoms with Crippen LogP contribution in [0.3, 0.4) is 0 Å². The summed E-state index contributed by atoms with van der Waals surface area (Å²) in [6.45, 7) is 7.69. The normalized spacial score (nSPS) is 14.8. The van der Waals surface area contributed by atoms with Crippen LogP contribution in [0.4, 0.5) is 13.9 Å². The van der Waals surface area contributed by atoms with Gasteiger partial charge in [0.2, 0.25) is 17.6 Å². The molecule has 1 aliphatic heterocycles. The molecule has 3 rings (SSSR count). The van der Waals surface area contributed by atoms with Crippen LogP contribution < -0.4 is 5.32 Å². The molecule has 33 heavy (non-hydrogen) atoms. The number of ketones is 1. The number of anilines is 1. The third-order valence-electron chi connectivity index (χ3n) is 5.30. The molecule has 7 nitrogen and oxygen atoms in total. The molecule has 10 heteroatoms. The van der Waals surface area contributed by atoms with E-state index in [1.165, 1.54) is 26.0 Å². The van der Waals surface area contributed by atoms with Gasteiger partial charge in [0, 0.05) is 25.1 Å². The van der Waals surface area contributed by atoms with Gasteiger partial charge in [0.25, 0.3) is 0 Å². The van der Waals surface area contributed by atoms with Crippen molar-refractivity contribution in [3.8, 4) is 0 Å². The van der Waals surface area contributed by atoms with Crippen LogP contribution in [0.2, 0.25) is 0 Å². The maximum Gasteiger partial charge on any atom is 0.232 e. The van der Waals surface area contributed by atoms with Crippen molar-refractivity contribution in [3.63, 3.8) is 0 Å². The summed E-state index contributed by atoms with van der Waals surface area (Å²) in [6, 6.07) is 4.91. The summed E-state index contributed by atoms with van der Waals surface area (Å²) in [4.78, 5) is 44.3. The van der Waals surface area contributed by atoms with Gasteiger partial charge in [-0.25, -0.2) is 13.8 Å². The number of aromatic nitrogens is 1. The molecule has 2 amide bonds. The molecule has 2 aromatic rings. The van der Waals surface area contributed by atoms with Crippen molar-refractivity contribution in [3.05, 3.63) is 46.2 Å². The number of rotatable bonds is 7. The van der Waals surface area contributed by atoms with Gasteiger partial charge in [-0.3, -0.25) is 14.4 Å². The fourth-order valence-electron chi connectivity index (χ4n) is 3.31. The molecular weight excluding hydrogens is 452 g/mol. The molecule has 0 radical (unpaired) electrons. The Balaban J connectivity index is 1.79. The van der Waals surface area contributed by atoms with Crippen LogP contribution in [0, 0.1) is 11.2 Å². The first-order chi connectivity index (χ1) is 15.4. The Morgan fingerprint density at radius 2 is 1.73 bits per heavy atom. The van der Waals surface area contributed by atoms with Gasteiger partial charge in [0.05, 0.1) is 18.6 Å². The maximum absolute atomic E-state index is 14.8.